The highest BCUT2D eigenvalue weighted by Gasteiger charge is 2.35. The van der Waals surface area contributed by atoms with Gasteiger partial charge in [-0.1, -0.05) is 18.2 Å². The zero-order valence-corrected chi connectivity index (χ0v) is 16.6. The Hall–Kier alpha value is -4.02. The Morgan fingerprint density at radius 3 is 2.53 bits per heavy atom. The molecule has 0 atom stereocenters. The normalized spacial score (nSPS) is 13.2. The zero-order valence-electron chi connectivity index (χ0n) is 16.6. The molecule has 3 aromatic rings. The minimum absolute atomic E-state index is 0.112. The topological polar surface area (TPSA) is 98.3 Å². The maximum absolute atomic E-state index is 13.5. The number of aryl methyl sites for hydroxylation is 1. The molecule has 2 aromatic carbocycles. The second-order valence-corrected chi connectivity index (χ2v) is 7.20. The summed E-state index contributed by atoms with van der Waals surface area (Å²) in [5, 5.41) is 15.1. The molecule has 1 aliphatic rings. The molecule has 0 saturated carbocycles. The van der Waals surface area contributed by atoms with Gasteiger partial charge in [0.1, 0.15) is 0 Å². The Labute approximate surface area is 178 Å². The predicted molar refractivity (Wildman–Crippen MR) is 108 cm³/mol. The third kappa shape index (κ3) is 3.61. The van der Waals surface area contributed by atoms with Crippen LogP contribution < -0.4 is 10.3 Å². The van der Waals surface area contributed by atoms with Crippen LogP contribution in [-0.2, 0) is 12.6 Å². The van der Waals surface area contributed by atoms with Crippen molar-refractivity contribution in [2.45, 2.75) is 19.5 Å². The van der Waals surface area contributed by atoms with Crippen LogP contribution in [0.1, 0.15) is 27.3 Å². The molecular formula is C21H15F3N4O4. The van der Waals surface area contributed by atoms with Crippen molar-refractivity contribution >= 4 is 17.3 Å². The first-order chi connectivity index (χ1) is 15.1. The number of nitro benzene ring substituents is 1. The number of rotatable bonds is 3. The van der Waals surface area contributed by atoms with Crippen molar-refractivity contribution in [2.24, 2.45) is 0 Å². The molecule has 32 heavy (non-hydrogen) atoms. The van der Waals surface area contributed by atoms with Crippen molar-refractivity contribution in [3.8, 4) is 5.69 Å². The van der Waals surface area contributed by atoms with Gasteiger partial charge in [0.25, 0.3) is 11.6 Å². The first kappa shape index (κ1) is 21.2. The maximum atomic E-state index is 13.5. The standard InChI is InChI=1S/C21H15F3N4O4/c1-12-10-18(29)19(25-27(12)16-5-3-2-4-15(16)21(22,23)24)20(30)26-9-8-13-6-7-14(28(31)32)11-17(13)26/h2-7,10-11H,8-9H2,1H3. The number of non-ortho nitro benzene ring substituents is 1. The van der Waals surface area contributed by atoms with Crippen LogP contribution in [0.2, 0.25) is 0 Å². The number of amides is 1. The van der Waals surface area contributed by atoms with Gasteiger partial charge in [-0.25, -0.2) is 4.68 Å². The number of anilines is 1. The Bertz CT molecular complexity index is 1320. The van der Waals surface area contributed by atoms with E-state index >= 15 is 0 Å². The highest BCUT2D eigenvalue weighted by atomic mass is 19.4. The number of benzene rings is 2. The molecule has 0 unspecified atom stereocenters. The smallest absolute Gasteiger partial charge is 0.306 e. The number of nitro groups is 1. The summed E-state index contributed by atoms with van der Waals surface area (Å²) in [4.78, 5) is 37.4. The summed E-state index contributed by atoms with van der Waals surface area (Å²) in [5.41, 5.74) is -1.80. The van der Waals surface area contributed by atoms with E-state index in [0.717, 1.165) is 16.8 Å². The Kier molecular flexibility index (Phi) is 5.03. The first-order valence-electron chi connectivity index (χ1n) is 9.44. The van der Waals surface area contributed by atoms with Crippen LogP contribution in [-0.4, -0.2) is 27.2 Å². The minimum atomic E-state index is -4.68. The van der Waals surface area contributed by atoms with Crippen molar-refractivity contribution in [1.29, 1.82) is 0 Å². The van der Waals surface area contributed by atoms with E-state index in [-0.39, 0.29) is 29.3 Å². The molecule has 4 rings (SSSR count). The third-order valence-electron chi connectivity index (χ3n) is 5.17. The lowest BCUT2D eigenvalue weighted by Crippen LogP contribution is -2.35. The van der Waals surface area contributed by atoms with Gasteiger partial charge < -0.3 is 4.90 Å². The van der Waals surface area contributed by atoms with Crippen LogP contribution in [0.15, 0.2) is 53.3 Å². The van der Waals surface area contributed by atoms with Crippen LogP contribution >= 0.6 is 0 Å². The molecule has 1 aromatic heterocycles. The van der Waals surface area contributed by atoms with E-state index < -0.39 is 33.7 Å². The first-order valence-corrected chi connectivity index (χ1v) is 9.44. The molecule has 0 N–H and O–H groups in total. The number of hydrogen-bond acceptors (Lipinski definition) is 5. The quantitative estimate of drug-likeness (QED) is 0.454. The molecular weight excluding hydrogens is 429 g/mol. The molecule has 1 aliphatic heterocycles. The number of aromatic nitrogens is 2. The predicted octanol–water partition coefficient (Wildman–Crippen LogP) is 3.67. The maximum Gasteiger partial charge on any atom is 0.418 e. The van der Waals surface area contributed by atoms with E-state index in [1.165, 1.54) is 48.2 Å². The van der Waals surface area contributed by atoms with Gasteiger partial charge in [0, 0.05) is 30.4 Å². The van der Waals surface area contributed by atoms with Gasteiger partial charge in [-0.2, -0.15) is 18.3 Å². The molecule has 0 aliphatic carbocycles. The lowest BCUT2D eigenvalue weighted by atomic mass is 10.1. The second kappa shape index (κ2) is 7.59. The van der Waals surface area contributed by atoms with Crippen LogP contribution in [0, 0.1) is 17.0 Å². The monoisotopic (exact) mass is 444 g/mol. The number of halogens is 3. The lowest BCUT2D eigenvalue weighted by molar-refractivity contribution is -0.384. The van der Waals surface area contributed by atoms with Gasteiger partial charge in [-0.15, -0.1) is 0 Å². The van der Waals surface area contributed by atoms with Gasteiger partial charge in [0.05, 0.1) is 21.9 Å². The van der Waals surface area contributed by atoms with Crippen molar-refractivity contribution < 1.29 is 22.9 Å². The molecule has 2 heterocycles. The molecule has 0 saturated heterocycles. The van der Waals surface area contributed by atoms with Crippen molar-refractivity contribution in [3.05, 3.63) is 91.4 Å². The van der Waals surface area contributed by atoms with E-state index in [1.54, 1.807) is 0 Å². The highest BCUT2D eigenvalue weighted by Crippen LogP contribution is 2.34. The van der Waals surface area contributed by atoms with Crippen LogP contribution in [0.25, 0.3) is 5.69 Å². The highest BCUT2D eigenvalue weighted by molar-refractivity contribution is 6.06. The number of carbonyl (C=O) groups is 1. The Balaban J connectivity index is 1.82. The average Bonchev–Trinajstić information content (AvgIpc) is 3.16. The van der Waals surface area contributed by atoms with Crippen molar-refractivity contribution in [3.63, 3.8) is 0 Å². The zero-order chi connectivity index (χ0) is 23.2. The van der Waals surface area contributed by atoms with E-state index in [4.69, 9.17) is 0 Å². The number of nitrogens with zero attached hydrogens (tertiary/aromatic N) is 4. The fourth-order valence-corrected chi connectivity index (χ4v) is 3.66. The third-order valence-corrected chi connectivity index (χ3v) is 5.17. The summed E-state index contributed by atoms with van der Waals surface area (Å²) < 4.78 is 41.4. The van der Waals surface area contributed by atoms with E-state index in [2.05, 4.69) is 5.10 Å². The van der Waals surface area contributed by atoms with E-state index in [1.807, 2.05) is 0 Å². The number of fused-ring (bicyclic) bond motifs is 1. The van der Waals surface area contributed by atoms with Crippen molar-refractivity contribution in [1.82, 2.24) is 9.78 Å². The van der Waals surface area contributed by atoms with Gasteiger partial charge >= 0.3 is 6.18 Å². The fourth-order valence-electron chi connectivity index (χ4n) is 3.66. The van der Waals surface area contributed by atoms with Crippen LogP contribution in [0.3, 0.4) is 0 Å². The number of alkyl halides is 3. The minimum Gasteiger partial charge on any atom is -0.306 e. The average molecular weight is 444 g/mol. The molecule has 0 bridgehead atoms. The fraction of sp³-hybridized carbons (Fsp3) is 0.190. The van der Waals surface area contributed by atoms with Gasteiger partial charge in [0.15, 0.2) is 5.69 Å². The lowest BCUT2D eigenvalue weighted by Gasteiger charge is -2.19. The van der Waals surface area contributed by atoms with Crippen LogP contribution in [0.5, 0.6) is 0 Å². The summed E-state index contributed by atoms with van der Waals surface area (Å²) in [6.07, 6.45) is -4.26. The largest absolute Gasteiger partial charge is 0.418 e. The van der Waals surface area contributed by atoms with Gasteiger partial charge in [-0.3, -0.25) is 19.7 Å². The second-order valence-electron chi connectivity index (χ2n) is 7.20. The van der Waals surface area contributed by atoms with Crippen molar-refractivity contribution in [2.75, 3.05) is 11.4 Å². The summed E-state index contributed by atoms with van der Waals surface area (Å²) >= 11 is 0. The molecule has 0 radical (unpaired) electrons. The molecule has 8 nitrogen and oxygen atoms in total. The van der Waals surface area contributed by atoms with E-state index in [0.29, 0.717) is 12.0 Å². The van der Waals surface area contributed by atoms with Crippen LogP contribution in [0.4, 0.5) is 24.5 Å². The molecule has 0 fully saturated rings. The summed E-state index contributed by atoms with van der Waals surface area (Å²) in [6.45, 7) is 1.56. The summed E-state index contributed by atoms with van der Waals surface area (Å²) in [6, 6.07) is 9.80. The van der Waals surface area contributed by atoms with Gasteiger partial charge in [-0.05, 0) is 31.0 Å². The Morgan fingerprint density at radius 1 is 1.12 bits per heavy atom. The number of hydrogen-bond donors (Lipinski definition) is 0. The summed E-state index contributed by atoms with van der Waals surface area (Å²) in [5.74, 6) is -0.840. The van der Waals surface area contributed by atoms with E-state index in [9.17, 15) is 32.9 Å². The SMILES string of the molecule is Cc1cc(=O)c(C(=O)N2CCc3ccc([N+](=O)[O-])cc32)nn1-c1ccccc1C(F)(F)F. The van der Waals surface area contributed by atoms with Gasteiger partial charge in [0.2, 0.25) is 5.43 Å². The molecule has 1 amide bonds. The number of para-hydroxylation sites is 1. The molecule has 0 spiro atoms. The summed E-state index contributed by atoms with van der Waals surface area (Å²) in [7, 11) is 0. The molecule has 164 valence electrons. The number of carbonyl (C=O) groups excluding carboxylic acids is 1. The molecule has 11 heteroatoms. The Morgan fingerprint density at radius 2 is 1.84 bits per heavy atom.